The Morgan fingerprint density at radius 3 is 2.74 bits per heavy atom. The van der Waals surface area contributed by atoms with E-state index in [2.05, 4.69) is 15.1 Å². The van der Waals surface area contributed by atoms with Gasteiger partial charge in [0.05, 0.1) is 10.9 Å². The van der Waals surface area contributed by atoms with Crippen LogP contribution >= 0.6 is 34.7 Å². The Morgan fingerprint density at radius 1 is 1.19 bits per heavy atom. The quantitative estimate of drug-likeness (QED) is 0.337. The van der Waals surface area contributed by atoms with Crippen molar-refractivity contribution in [2.24, 2.45) is 0 Å². The Kier molecular flexibility index (Phi) is 6.60. The van der Waals surface area contributed by atoms with E-state index < -0.39 is 0 Å². The smallest absolute Gasteiger partial charge is 0.254 e. The van der Waals surface area contributed by atoms with Gasteiger partial charge in [0.1, 0.15) is 0 Å². The Hall–Kier alpha value is -2.42. The van der Waals surface area contributed by atoms with E-state index in [0.717, 1.165) is 26.2 Å². The van der Waals surface area contributed by atoms with Crippen molar-refractivity contribution in [3.63, 3.8) is 0 Å². The van der Waals surface area contributed by atoms with Gasteiger partial charge < -0.3 is 4.90 Å². The van der Waals surface area contributed by atoms with Crippen LogP contribution in [-0.4, -0.2) is 36.9 Å². The molecule has 0 aliphatic carbocycles. The van der Waals surface area contributed by atoms with Gasteiger partial charge in [-0.25, -0.2) is 9.50 Å². The van der Waals surface area contributed by atoms with E-state index in [0.29, 0.717) is 35.3 Å². The summed E-state index contributed by atoms with van der Waals surface area (Å²) in [7, 11) is 0. The standard InChI is InChI=1S/C22H22ClN5OS2/c1-4-27(12-17-9-10-19(23)31-17)20(29)18-8-6-5-7-16(18)13-30-22-25-21-24-14(2)11-15(3)28(21)26-22/h5-11H,4,12-13H2,1-3H3. The Balaban J connectivity index is 1.52. The van der Waals surface area contributed by atoms with Crippen LogP contribution in [0.5, 0.6) is 0 Å². The van der Waals surface area contributed by atoms with Gasteiger partial charge in [-0.3, -0.25) is 4.79 Å². The largest absolute Gasteiger partial charge is 0.334 e. The molecular weight excluding hydrogens is 450 g/mol. The van der Waals surface area contributed by atoms with Crippen LogP contribution in [0.3, 0.4) is 0 Å². The highest BCUT2D eigenvalue weighted by molar-refractivity contribution is 7.98. The molecule has 0 fully saturated rings. The number of hydrogen-bond acceptors (Lipinski definition) is 6. The molecule has 160 valence electrons. The first-order valence-corrected chi connectivity index (χ1v) is 12.1. The van der Waals surface area contributed by atoms with Gasteiger partial charge in [-0.05, 0) is 50.6 Å². The monoisotopic (exact) mass is 471 g/mol. The maximum atomic E-state index is 13.3. The highest BCUT2D eigenvalue weighted by Crippen LogP contribution is 2.26. The number of thioether (sulfide) groups is 1. The van der Waals surface area contributed by atoms with Gasteiger partial charge in [-0.1, -0.05) is 41.6 Å². The number of rotatable bonds is 7. The molecule has 9 heteroatoms. The molecule has 1 aromatic carbocycles. The van der Waals surface area contributed by atoms with Crippen LogP contribution in [0.4, 0.5) is 0 Å². The second-order valence-corrected chi connectivity index (χ2v) is 9.86. The molecule has 4 aromatic rings. The lowest BCUT2D eigenvalue weighted by atomic mass is 10.1. The van der Waals surface area contributed by atoms with Gasteiger partial charge in [0.25, 0.3) is 11.7 Å². The summed E-state index contributed by atoms with van der Waals surface area (Å²) >= 11 is 9.06. The summed E-state index contributed by atoms with van der Waals surface area (Å²) in [5.41, 5.74) is 3.56. The van der Waals surface area contributed by atoms with E-state index in [9.17, 15) is 4.79 Å². The maximum Gasteiger partial charge on any atom is 0.254 e. The zero-order valence-electron chi connectivity index (χ0n) is 17.5. The Labute approximate surface area is 194 Å². The van der Waals surface area contributed by atoms with Crippen LogP contribution in [0.15, 0.2) is 47.6 Å². The summed E-state index contributed by atoms with van der Waals surface area (Å²) in [6.07, 6.45) is 0. The molecule has 0 aliphatic rings. The van der Waals surface area contributed by atoms with Crippen LogP contribution in [0.25, 0.3) is 5.78 Å². The van der Waals surface area contributed by atoms with E-state index in [1.54, 1.807) is 4.52 Å². The molecule has 0 unspecified atom stereocenters. The molecule has 0 spiro atoms. The second kappa shape index (κ2) is 9.38. The van der Waals surface area contributed by atoms with Crippen molar-refractivity contribution in [3.8, 4) is 0 Å². The minimum atomic E-state index is 0.0133. The number of carbonyl (C=O) groups is 1. The lowest BCUT2D eigenvalue weighted by molar-refractivity contribution is 0.0753. The van der Waals surface area contributed by atoms with Crippen molar-refractivity contribution in [1.82, 2.24) is 24.5 Å². The third kappa shape index (κ3) is 4.92. The predicted octanol–water partition coefficient (Wildman–Crippen LogP) is 5.41. The zero-order valence-corrected chi connectivity index (χ0v) is 19.9. The Morgan fingerprint density at radius 2 is 2.00 bits per heavy atom. The summed E-state index contributed by atoms with van der Waals surface area (Å²) in [5, 5.41) is 5.19. The van der Waals surface area contributed by atoms with Crippen LogP contribution < -0.4 is 0 Å². The average Bonchev–Trinajstić information content (AvgIpc) is 3.36. The molecule has 0 bridgehead atoms. The zero-order chi connectivity index (χ0) is 22.0. The van der Waals surface area contributed by atoms with Crippen molar-refractivity contribution in [1.29, 1.82) is 0 Å². The lowest BCUT2D eigenvalue weighted by Crippen LogP contribution is -2.30. The molecular formula is C22H22ClN5OS2. The average molecular weight is 472 g/mol. The highest BCUT2D eigenvalue weighted by atomic mass is 35.5. The fourth-order valence-electron chi connectivity index (χ4n) is 3.33. The minimum absolute atomic E-state index is 0.0133. The summed E-state index contributed by atoms with van der Waals surface area (Å²) in [6.45, 7) is 7.09. The SMILES string of the molecule is CCN(Cc1ccc(Cl)s1)C(=O)c1ccccc1CSc1nc2nc(C)cc(C)n2n1. The Bertz CT molecular complexity index is 1240. The second-order valence-electron chi connectivity index (χ2n) is 7.12. The van der Waals surface area contributed by atoms with Crippen LogP contribution in [0.2, 0.25) is 4.34 Å². The number of halogens is 1. The van der Waals surface area contributed by atoms with Gasteiger partial charge in [0, 0.05) is 34.1 Å². The fraction of sp³-hybridized carbons (Fsp3) is 0.273. The summed E-state index contributed by atoms with van der Waals surface area (Å²) in [5.74, 6) is 1.20. The number of aryl methyl sites for hydroxylation is 2. The van der Waals surface area contributed by atoms with Crippen molar-refractivity contribution in [3.05, 3.63) is 74.2 Å². The maximum absolute atomic E-state index is 13.3. The van der Waals surface area contributed by atoms with Gasteiger partial charge >= 0.3 is 0 Å². The van der Waals surface area contributed by atoms with Gasteiger partial charge in [0.15, 0.2) is 0 Å². The molecule has 6 nitrogen and oxygen atoms in total. The van der Waals surface area contributed by atoms with Crippen molar-refractivity contribution >= 4 is 46.4 Å². The minimum Gasteiger partial charge on any atom is -0.334 e. The number of fused-ring (bicyclic) bond motifs is 1. The first kappa shape index (κ1) is 21.8. The predicted molar refractivity (Wildman–Crippen MR) is 126 cm³/mol. The first-order chi connectivity index (χ1) is 14.9. The summed E-state index contributed by atoms with van der Waals surface area (Å²) in [6, 6.07) is 13.5. The molecule has 31 heavy (non-hydrogen) atoms. The van der Waals surface area contributed by atoms with Crippen LogP contribution in [-0.2, 0) is 12.3 Å². The molecule has 0 saturated heterocycles. The topological polar surface area (TPSA) is 63.4 Å². The van der Waals surface area contributed by atoms with Gasteiger partial charge in [0.2, 0.25) is 5.16 Å². The summed E-state index contributed by atoms with van der Waals surface area (Å²) < 4.78 is 2.48. The number of benzene rings is 1. The van der Waals surface area contributed by atoms with E-state index in [1.165, 1.54) is 23.1 Å². The molecule has 1 amide bonds. The number of thiophene rings is 1. The number of aromatic nitrogens is 4. The van der Waals surface area contributed by atoms with Crippen molar-refractivity contribution in [2.45, 2.75) is 38.2 Å². The molecule has 0 N–H and O–H groups in total. The number of nitrogens with zero attached hydrogens (tertiary/aromatic N) is 5. The van der Waals surface area contributed by atoms with E-state index >= 15 is 0 Å². The van der Waals surface area contributed by atoms with Crippen LogP contribution in [0.1, 0.15) is 39.1 Å². The fourth-order valence-corrected chi connectivity index (χ4v) is 5.25. The van der Waals surface area contributed by atoms with Crippen molar-refractivity contribution in [2.75, 3.05) is 6.54 Å². The molecule has 3 heterocycles. The van der Waals surface area contributed by atoms with E-state index in [4.69, 9.17) is 11.6 Å². The number of amides is 1. The number of hydrogen-bond donors (Lipinski definition) is 0. The van der Waals surface area contributed by atoms with Gasteiger partial charge in [-0.15, -0.1) is 16.4 Å². The third-order valence-corrected chi connectivity index (χ3v) is 6.95. The summed E-state index contributed by atoms with van der Waals surface area (Å²) in [4.78, 5) is 25.2. The first-order valence-electron chi connectivity index (χ1n) is 9.90. The van der Waals surface area contributed by atoms with Gasteiger partial charge in [-0.2, -0.15) is 4.98 Å². The van der Waals surface area contributed by atoms with E-state index in [1.807, 2.05) is 68.1 Å². The molecule has 0 radical (unpaired) electrons. The lowest BCUT2D eigenvalue weighted by Gasteiger charge is -2.21. The normalized spacial score (nSPS) is 11.2. The number of carbonyl (C=O) groups excluding carboxylic acids is 1. The molecule has 4 rings (SSSR count). The van der Waals surface area contributed by atoms with Crippen LogP contribution in [0, 0.1) is 13.8 Å². The third-order valence-electron chi connectivity index (χ3n) is 4.85. The van der Waals surface area contributed by atoms with E-state index in [-0.39, 0.29) is 5.91 Å². The molecule has 0 saturated carbocycles. The highest BCUT2D eigenvalue weighted by Gasteiger charge is 2.19. The van der Waals surface area contributed by atoms with Crippen molar-refractivity contribution < 1.29 is 4.79 Å². The molecule has 0 aliphatic heterocycles. The molecule has 0 atom stereocenters. The molecule has 3 aromatic heterocycles.